The van der Waals surface area contributed by atoms with Gasteiger partial charge in [-0.25, -0.2) is 0 Å². The summed E-state index contributed by atoms with van der Waals surface area (Å²) in [5.41, 5.74) is 0.706. The highest BCUT2D eigenvalue weighted by molar-refractivity contribution is 7.73. The summed E-state index contributed by atoms with van der Waals surface area (Å²) in [6.07, 6.45) is 0. The lowest BCUT2D eigenvalue weighted by molar-refractivity contribution is 0.174. The van der Waals surface area contributed by atoms with Crippen LogP contribution in [0, 0.1) is 3.95 Å². The minimum absolute atomic E-state index is 0.193. The molecule has 0 amide bonds. The molecule has 0 unspecified atom stereocenters. The van der Waals surface area contributed by atoms with E-state index < -0.39 is 0 Å². The summed E-state index contributed by atoms with van der Waals surface area (Å²) in [5.74, 6) is 1.42. The molecule has 1 aliphatic rings. The number of H-pyrrole nitrogens is 1. The second kappa shape index (κ2) is 3.97. The molecule has 0 fully saturated rings. The maximum atomic E-state index is 11.3. The van der Waals surface area contributed by atoms with Crippen molar-refractivity contribution in [1.29, 1.82) is 0 Å². The van der Waals surface area contributed by atoms with Gasteiger partial charge in [-0.2, -0.15) is 0 Å². The third kappa shape index (κ3) is 1.96. The zero-order chi connectivity index (χ0) is 11.8. The Hall–Kier alpha value is -1.66. The Balaban J connectivity index is 2.15. The molecule has 0 spiro atoms. The van der Waals surface area contributed by atoms with Gasteiger partial charge in [0.1, 0.15) is 0 Å². The van der Waals surface area contributed by atoms with Crippen molar-refractivity contribution >= 4 is 23.6 Å². The fraction of sp³-hybridized carbons (Fsp3) is 0.0909. The molecule has 1 aromatic carbocycles. The van der Waals surface area contributed by atoms with Crippen LogP contribution in [0.5, 0.6) is 11.5 Å². The molecular weight excluding hydrogens is 258 g/mol. The molecule has 1 aromatic heterocycles. The fourth-order valence-electron chi connectivity index (χ4n) is 1.60. The average molecular weight is 265 g/mol. The van der Waals surface area contributed by atoms with Gasteiger partial charge in [-0.15, -0.1) is 11.3 Å². The minimum Gasteiger partial charge on any atom is -0.454 e. The lowest BCUT2D eigenvalue weighted by Crippen LogP contribution is -2.02. The Morgan fingerprint density at radius 2 is 2.06 bits per heavy atom. The van der Waals surface area contributed by atoms with E-state index in [1.165, 1.54) is 17.4 Å². The lowest BCUT2D eigenvalue weighted by Gasteiger charge is -2.01. The van der Waals surface area contributed by atoms with Crippen LogP contribution in [0.4, 0.5) is 0 Å². The van der Waals surface area contributed by atoms with E-state index in [1.807, 2.05) is 18.2 Å². The number of aromatic amines is 1. The third-order valence-electron chi connectivity index (χ3n) is 2.35. The SMILES string of the molecule is O=c1cc(-c2ccc3c(c2)OCO3)sc(=S)[nH]1. The first-order valence-corrected chi connectivity index (χ1v) is 6.09. The van der Waals surface area contributed by atoms with Gasteiger partial charge in [0.15, 0.2) is 15.5 Å². The van der Waals surface area contributed by atoms with E-state index in [2.05, 4.69) is 4.98 Å². The molecule has 3 rings (SSSR count). The Labute approximate surface area is 105 Å². The van der Waals surface area contributed by atoms with Gasteiger partial charge in [0.05, 0.1) is 0 Å². The molecule has 0 saturated carbocycles. The summed E-state index contributed by atoms with van der Waals surface area (Å²) < 4.78 is 11.0. The van der Waals surface area contributed by atoms with Gasteiger partial charge in [-0.3, -0.25) is 4.79 Å². The molecule has 2 heterocycles. The molecule has 0 aliphatic carbocycles. The van der Waals surface area contributed by atoms with Crippen molar-refractivity contribution in [3.05, 3.63) is 38.6 Å². The zero-order valence-electron chi connectivity index (χ0n) is 8.56. The minimum atomic E-state index is -0.193. The van der Waals surface area contributed by atoms with E-state index in [9.17, 15) is 4.79 Å². The maximum Gasteiger partial charge on any atom is 0.251 e. The second-order valence-electron chi connectivity index (χ2n) is 3.46. The van der Waals surface area contributed by atoms with Crippen molar-refractivity contribution in [1.82, 2.24) is 4.98 Å². The van der Waals surface area contributed by atoms with Crippen LogP contribution < -0.4 is 15.0 Å². The van der Waals surface area contributed by atoms with Crippen LogP contribution in [0.15, 0.2) is 29.1 Å². The number of benzene rings is 1. The Morgan fingerprint density at radius 1 is 1.24 bits per heavy atom. The molecule has 86 valence electrons. The van der Waals surface area contributed by atoms with Gasteiger partial charge in [-0.1, -0.05) is 0 Å². The third-order valence-corrected chi connectivity index (χ3v) is 3.56. The second-order valence-corrected chi connectivity index (χ2v) is 5.17. The average Bonchev–Trinajstić information content (AvgIpc) is 2.74. The van der Waals surface area contributed by atoms with E-state index in [-0.39, 0.29) is 12.4 Å². The van der Waals surface area contributed by atoms with E-state index in [4.69, 9.17) is 21.7 Å². The summed E-state index contributed by atoms with van der Waals surface area (Å²) >= 11 is 6.35. The number of ether oxygens (including phenoxy) is 2. The van der Waals surface area contributed by atoms with Gasteiger partial charge in [-0.05, 0) is 36.0 Å². The maximum absolute atomic E-state index is 11.3. The highest BCUT2D eigenvalue weighted by Gasteiger charge is 2.14. The van der Waals surface area contributed by atoms with Gasteiger partial charge in [0.2, 0.25) is 6.79 Å². The Morgan fingerprint density at radius 3 is 2.88 bits per heavy atom. The van der Waals surface area contributed by atoms with Gasteiger partial charge < -0.3 is 14.5 Å². The highest BCUT2D eigenvalue weighted by atomic mass is 32.1. The van der Waals surface area contributed by atoms with Crippen LogP contribution in [0.3, 0.4) is 0 Å². The topological polar surface area (TPSA) is 51.3 Å². The highest BCUT2D eigenvalue weighted by Crippen LogP contribution is 2.36. The van der Waals surface area contributed by atoms with Crippen molar-refractivity contribution in [3.8, 4) is 21.9 Å². The monoisotopic (exact) mass is 265 g/mol. The van der Waals surface area contributed by atoms with Crippen LogP contribution in [-0.4, -0.2) is 11.8 Å². The molecule has 4 nitrogen and oxygen atoms in total. The molecule has 6 heteroatoms. The lowest BCUT2D eigenvalue weighted by atomic mass is 10.2. The Kier molecular flexibility index (Phi) is 2.45. The number of rotatable bonds is 1. The predicted octanol–water partition coefficient (Wildman–Crippen LogP) is 2.56. The predicted molar refractivity (Wildman–Crippen MR) is 67.3 cm³/mol. The van der Waals surface area contributed by atoms with Crippen molar-refractivity contribution < 1.29 is 9.47 Å². The summed E-state index contributed by atoms with van der Waals surface area (Å²) in [7, 11) is 0. The zero-order valence-corrected chi connectivity index (χ0v) is 10.2. The van der Waals surface area contributed by atoms with E-state index in [0.29, 0.717) is 9.70 Å². The summed E-state index contributed by atoms with van der Waals surface area (Å²) in [4.78, 5) is 14.7. The normalized spacial score (nSPS) is 12.7. The van der Waals surface area contributed by atoms with Crippen molar-refractivity contribution in [3.63, 3.8) is 0 Å². The number of nitrogens with one attached hydrogen (secondary N) is 1. The van der Waals surface area contributed by atoms with Crippen LogP contribution >= 0.6 is 23.6 Å². The largest absolute Gasteiger partial charge is 0.454 e. The van der Waals surface area contributed by atoms with E-state index in [1.54, 1.807) is 0 Å². The summed E-state index contributed by atoms with van der Waals surface area (Å²) in [6, 6.07) is 7.09. The molecular formula is C11H7NO3S2. The van der Waals surface area contributed by atoms with Crippen molar-refractivity contribution in [2.24, 2.45) is 0 Å². The van der Waals surface area contributed by atoms with Gasteiger partial charge in [0, 0.05) is 10.9 Å². The van der Waals surface area contributed by atoms with E-state index in [0.717, 1.165) is 16.2 Å². The first-order chi connectivity index (χ1) is 8.22. The number of fused-ring (bicyclic) bond motifs is 1. The Bertz CT molecular complexity index is 661. The molecule has 1 N–H and O–H groups in total. The smallest absolute Gasteiger partial charge is 0.251 e. The summed E-state index contributed by atoms with van der Waals surface area (Å²) in [5, 5.41) is 0. The number of hydrogen-bond donors (Lipinski definition) is 1. The molecule has 0 atom stereocenters. The number of hydrogen-bond acceptors (Lipinski definition) is 5. The van der Waals surface area contributed by atoms with Crippen LogP contribution in [0.25, 0.3) is 10.4 Å². The summed E-state index contributed by atoms with van der Waals surface area (Å²) in [6.45, 7) is 0.240. The fourth-order valence-corrected chi connectivity index (χ4v) is 2.73. The number of aromatic nitrogens is 1. The molecule has 0 bridgehead atoms. The van der Waals surface area contributed by atoms with E-state index >= 15 is 0 Å². The van der Waals surface area contributed by atoms with Gasteiger partial charge >= 0.3 is 0 Å². The quantitative estimate of drug-likeness (QED) is 0.805. The molecule has 0 radical (unpaired) electrons. The molecule has 1 aliphatic heterocycles. The van der Waals surface area contributed by atoms with Crippen molar-refractivity contribution in [2.45, 2.75) is 0 Å². The first kappa shape index (κ1) is 10.5. The van der Waals surface area contributed by atoms with Crippen LogP contribution in [-0.2, 0) is 0 Å². The molecule has 0 saturated heterocycles. The first-order valence-electron chi connectivity index (χ1n) is 4.87. The standard InChI is InChI=1S/C11H7NO3S2/c13-10-4-9(17-11(16)12-10)6-1-2-7-8(3-6)15-5-14-7/h1-4H,5H2,(H,12,13,16). The van der Waals surface area contributed by atoms with Crippen LogP contribution in [0.1, 0.15) is 0 Å². The van der Waals surface area contributed by atoms with Gasteiger partial charge in [0.25, 0.3) is 5.56 Å². The van der Waals surface area contributed by atoms with Crippen molar-refractivity contribution in [2.75, 3.05) is 6.79 Å². The molecule has 17 heavy (non-hydrogen) atoms. The molecule has 2 aromatic rings. The van der Waals surface area contributed by atoms with Crippen LogP contribution in [0.2, 0.25) is 0 Å².